The molecular formula is C13H14F3NO2. The number of ether oxygens (including phenoxy) is 2. The zero-order chi connectivity index (χ0) is 13.9. The van der Waals surface area contributed by atoms with Crippen LogP contribution < -0.4 is 4.74 Å². The Bertz CT molecular complexity index is 483. The Morgan fingerprint density at radius 2 is 2.11 bits per heavy atom. The van der Waals surface area contributed by atoms with Gasteiger partial charge in [0.2, 0.25) is 0 Å². The molecule has 0 saturated heterocycles. The van der Waals surface area contributed by atoms with Crippen molar-refractivity contribution in [3.05, 3.63) is 29.3 Å². The van der Waals surface area contributed by atoms with Crippen LogP contribution in [0, 0.1) is 0 Å². The molecule has 0 atom stereocenters. The SMILES string of the molecule is COCC1=NCCc2c(OCC(F)(F)F)cccc21. The van der Waals surface area contributed by atoms with Gasteiger partial charge in [0, 0.05) is 24.8 Å². The summed E-state index contributed by atoms with van der Waals surface area (Å²) in [6.07, 6.45) is -3.75. The van der Waals surface area contributed by atoms with Crippen LogP contribution in [0.2, 0.25) is 0 Å². The Labute approximate surface area is 109 Å². The van der Waals surface area contributed by atoms with E-state index in [0.29, 0.717) is 19.6 Å². The molecule has 1 aromatic rings. The highest BCUT2D eigenvalue weighted by molar-refractivity contribution is 6.04. The van der Waals surface area contributed by atoms with E-state index in [-0.39, 0.29) is 5.75 Å². The summed E-state index contributed by atoms with van der Waals surface area (Å²) in [5, 5.41) is 0. The number of fused-ring (bicyclic) bond motifs is 1. The van der Waals surface area contributed by atoms with Crippen molar-refractivity contribution in [2.75, 3.05) is 26.9 Å². The first kappa shape index (κ1) is 13.9. The fraction of sp³-hybridized carbons (Fsp3) is 0.462. The van der Waals surface area contributed by atoms with Crippen LogP contribution in [0.25, 0.3) is 0 Å². The number of hydrogen-bond donors (Lipinski definition) is 0. The van der Waals surface area contributed by atoms with E-state index >= 15 is 0 Å². The molecule has 0 radical (unpaired) electrons. The van der Waals surface area contributed by atoms with Gasteiger partial charge in [-0.3, -0.25) is 4.99 Å². The maximum atomic E-state index is 12.2. The number of nitrogens with zero attached hydrogens (tertiary/aromatic N) is 1. The van der Waals surface area contributed by atoms with Crippen LogP contribution in [0.5, 0.6) is 5.75 Å². The second-order valence-electron chi connectivity index (χ2n) is 4.20. The molecule has 0 saturated carbocycles. The van der Waals surface area contributed by atoms with Gasteiger partial charge in [0.05, 0.1) is 12.3 Å². The van der Waals surface area contributed by atoms with Crippen LogP contribution in [0.3, 0.4) is 0 Å². The van der Waals surface area contributed by atoms with Gasteiger partial charge < -0.3 is 9.47 Å². The summed E-state index contributed by atoms with van der Waals surface area (Å²) < 4.78 is 46.5. The topological polar surface area (TPSA) is 30.8 Å². The quantitative estimate of drug-likeness (QED) is 0.844. The van der Waals surface area contributed by atoms with Crippen LogP contribution in [-0.4, -0.2) is 38.8 Å². The van der Waals surface area contributed by atoms with Gasteiger partial charge in [0.15, 0.2) is 6.61 Å². The van der Waals surface area contributed by atoms with E-state index in [1.54, 1.807) is 19.2 Å². The third kappa shape index (κ3) is 3.47. The summed E-state index contributed by atoms with van der Waals surface area (Å²) in [6, 6.07) is 5.05. The van der Waals surface area contributed by atoms with Crippen molar-refractivity contribution in [3.8, 4) is 5.75 Å². The van der Waals surface area contributed by atoms with Gasteiger partial charge in [-0.05, 0) is 12.5 Å². The third-order valence-electron chi connectivity index (χ3n) is 2.78. The van der Waals surface area contributed by atoms with Crippen LogP contribution >= 0.6 is 0 Å². The lowest BCUT2D eigenvalue weighted by atomic mass is 9.97. The molecule has 1 aliphatic rings. The summed E-state index contributed by atoms with van der Waals surface area (Å²) in [5.74, 6) is 0.276. The minimum Gasteiger partial charge on any atom is -0.484 e. The van der Waals surface area contributed by atoms with Gasteiger partial charge in [-0.2, -0.15) is 13.2 Å². The highest BCUT2D eigenvalue weighted by atomic mass is 19.4. The maximum Gasteiger partial charge on any atom is 0.422 e. The molecule has 0 aromatic heterocycles. The lowest BCUT2D eigenvalue weighted by molar-refractivity contribution is -0.153. The summed E-state index contributed by atoms with van der Waals surface area (Å²) in [4.78, 5) is 4.32. The Balaban J connectivity index is 2.24. The summed E-state index contributed by atoms with van der Waals surface area (Å²) >= 11 is 0. The Morgan fingerprint density at radius 1 is 1.32 bits per heavy atom. The highest BCUT2D eigenvalue weighted by Crippen LogP contribution is 2.28. The molecule has 0 spiro atoms. The first-order chi connectivity index (χ1) is 9.01. The molecule has 0 bridgehead atoms. The van der Waals surface area contributed by atoms with Crippen molar-refractivity contribution in [3.63, 3.8) is 0 Å². The monoisotopic (exact) mass is 273 g/mol. The van der Waals surface area contributed by atoms with Gasteiger partial charge in [-0.1, -0.05) is 12.1 Å². The zero-order valence-electron chi connectivity index (χ0n) is 10.5. The van der Waals surface area contributed by atoms with E-state index in [1.165, 1.54) is 0 Å². The molecule has 0 amide bonds. The first-order valence-corrected chi connectivity index (χ1v) is 5.85. The normalized spacial score (nSPS) is 14.8. The van der Waals surface area contributed by atoms with Crippen molar-refractivity contribution < 1.29 is 22.6 Å². The Morgan fingerprint density at radius 3 is 2.79 bits per heavy atom. The van der Waals surface area contributed by atoms with E-state index in [1.807, 2.05) is 6.07 Å². The van der Waals surface area contributed by atoms with Crippen LogP contribution in [0.1, 0.15) is 11.1 Å². The fourth-order valence-electron chi connectivity index (χ4n) is 2.04. The number of methoxy groups -OCH3 is 1. The molecule has 1 aromatic carbocycles. The molecule has 0 aliphatic carbocycles. The van der Waals surface area contributed by atoms with E-state index in [0.717, 1.165) is 16.8 Å². The number of aliphatic imine (C=N–C) groups is 1. The molecule has 1 aliphatic heterocycles. The van der Waals surface area contributed by atoms with Crippen molar-refractivity contribution >= 4 is 5.71 Å². The van der Waals surface area contributed by atoms with Crippen LogP contribution in [0.4, 0.5) is 13.2 Å². The lowest BCUT2D eigenvalue weighted by Crippen LogP contribution is -2.22. The maximum absolute atomic E-state index is 12.2. The van der Waals surface area contributed by atoms with Gasteiger partial charge in [-0.15, -0.1) is 0 Å². The van der Waals surface area contributed by atoms with Crippen molar-refractivity contribution in [1.82, 2.24) is 0 Å². The van der Waals surface area contributed by atoms with Gasteiger partial charge in [0.25, 0.3) is 0 Å². The fourth-order valence-corrected chi connectivity index (χ4v) is 2.04. The molecule has 3 nitrogen and oxygen atoms in total. The largest absolute Gasteiger partial charge is 0.484 e. The second-order valence-corrected chi connectivity index (χ2v) is 4.20. The number of hydrogen-bond acceptors (Lipinski definition) is 3. The molecule has 19 heavy (non-hydrogen) atoms. The third-order valence-corrected chi connectivity index (χ3v) is 2.78. The van der Waals surface area contributed by atoms with Crippen molar-refractivity contribution in [2.45, 2.75) is 12.6 Å². The van der Waals surface area contributed by atoms with Crippen molar-refractivity contribution in [2.24, 2.45) is 4.99 Å². The molecule has 2 rings (SSSR count). The predicted molar refractivity (Wildman–Crippen MR) is 65.0 cm³/mol. The summed E-state index contributed by atoms with van der Waals surface area (Å²) in [6.45, 7) is -0.395. The standard InChI is InChI=1S/C13H14F3NO2/c1-18-7-11-9-3-2-4-12(10(9)5-6-17-11)19-8-13(14,15)16/h2-4H,5-8H2,1H3. The smallest absolute Gasteiger partial charge is 0.422 e. The summed E-state index contributed by atoms with van der Waals surface area (Å²) in [7, 11) is 1.56. The average Bonchev–Trinajstić information content (AvgIpc) is 2.36. The van der Waals surface area contributed by atoms with E-state index < -0.39 is 12.8 Å². The highest BCUT2D eigenvalue weighted by Gasteiger charge is 2.29. The van der Waals surface area contributed by atoms with Crippen molar-refractivity contribution in [1.29, 1.82) is 0 Å². The molecule has 0 N–H and O–H groups in total. The Hall–Kier alpha value is -1.56. The number of rotatable bonds is 4. The van der Waals surface area contributed by atoms with Crippen LogP contribution in [0.15, 0.2) is 23.2 Å². The minimum absolute atomic E-state index is 0.276. The van der Waals surface area contributed by atoms with E-state index in [2.05, 4.69) is 4.99 Å². The molecule has 0 fully saturated rings. The number of benzene rings is 1. The zero-order valence-corrected chi connectivity index (χ0v) is 10.5. The minimum atomic E-state index is -4.33. The van der Waals surface area contributed by atoms with Gasteiger partial charge >= 0.3 is 6.18 Å². The molecule has 6 heteroatoms. The lowest BCUT2D eigenvalue weighted by Gasteiger charge is -2.20. The van der Waals surface area contributed by atoms with E-state index in [4.69, 9.17) is 9.47 Å². The molecule has 104 valence electrons. The molecular weight excluding hydrogens is 259 g/mol. The molecule has 0 unspecified atom stereocenters. The van der Waals surface area contributed by atoms with Gasteiger partial charge in [-0.25, -0.2) is 0 Å². The second kappa shape index (κ2) is 5.61. The summed E-state index contributed by atoms with van der Waals surface area (Å²) in [5.41, 5.74) is 2.34. The molecule has 1 heterocycles. The van der Waals surface area contributed by atoms with E-state index in [9.17, 15) is 13.2 Å². The number of alkyl halides is 3. The number of halogens is 3. The predicted octanol–water partition coefficient (Wildman–Crippen LogP) is 2.62. The first-order valence-electron chi connectivity index (χ1n) is 5.85. The van der Waals surface area contributed by atoms with Gasteiger partial charge in [0.1, 0.15) is 5.75 Å². The Kier molecular flexibility index (Phi) is 4.09. The van der Waals surface area contributed by atoms with Crippen LogP contribution in [-0.2, 0) is 11.2 Å². The average molecular weight is 273 g/mol.